The van der Waals surface area contributed by atoms with Gasteiger partial charge in [0.25, 0.3) is 0 Å². The van der Waals surface area contributed by atoms with Gasteiger partial charge in [-0.2, -0.15) is 0 Å². The Morgan fingerprint density at radius 3 is 3.00 bits per heavy atom. The quantitative estimate of drug-likeness (QED) is 0.716. The van der Waals surface area contributed by atoms with Crippen LogP contribution in [0, 0.1) is 12.7 Å². The number of aromatic nitrogens is 3. The second-order valence-electron chi connectivity index (χ2n) is 4.23. The molecular formula is C13H11FN4OS2. The van der Waals surface area contributed by atoms with Crippen molar-refractivity contribution in [2.45, 2.75) is 17.0 Å². The van der Waals surface area contributed by atoms with E-state index in [9.17, 15) is 4.39 Å². The minimum atomic E-state index is -0.291. The van der Waals surface area contributed by atoms with Crippen LogP contribution in [0.4, 0.5) is 15.2 Å². The van der Waals surface area contributed by atoms with Gasteiger partial charge in [0, 0.05) is 17.5 Å². The van der Waals surface area contributed by atoms with E-state index in [4.69, 9.17) is 4.52 Å². The molecule has 0 amide bonds. The molecule has 0 aliphatic heterocycles. The van der Waals surface area contributed by atoms with E-state index in [2.05, 4.69) is 20.7 Å². The Morgan fingerprint density at radius 1 is 1.33 bits per heavy atom. The monoisotopic (exact) mass is 322 g/mol. The second kappa shape index (κ2) is 6.23. The van der Waals surface area contributed by atoms with Crippen molar-refractivity contribution in [3.63, 3.8) is 0 Å². The standard InChI is InChI=1S/C13H11FN4OS2/c1-8-5-11(18-19-8)7-20-13-17-16-12(21-13)15-10-4-2-3-9(14)6-10/h2-6H,7H2,1H3,(H,15,16). The van der Waals surface area contributed by atoms with Crippen molar-refractivity contribution in [2.24, 2.45) is 0 Å². The van der Waals surface area contributed by atoms with E-state index in [1.807, 2.05) is 13.0 Å². The predicted molar refractivity (Wildman–Crippen MR) is 80.4 cm³/mol. The maximum atomic E-state index is 13.1. The molecule has 0 aliphatic rings. The first kappa shape index (κ1) is 14.0. The first-order valence-corrected chi connectivity index (χ1v) is 7.90. The number of hydrogen-bond acceptors (Lipinski definition) is 7. The van der Waals surface area contributed by atoms with Crippen LogP contribution in [0.15, 0.2) is 39.2 Å². The Kier molecular flexibility index (Phi) is 4.16. The maximum absolute atomic E-state index is 13.1. The van der Waals surface area contributed by atoms with Gasteiger partial charge in [-0.1, -0.05) is 34.3 Å². The third-order valence-corrected chi connectivity index (χ3v) is 4.51. The first-order valence-electron chi connectivity index (χ1n) is 6.10. The van der Waals surface area contributed by atoms with E-state index >= 15 is 0 Å². The van der Waals surface area contributed by atoms with Gasteiger partial charge in [-0.3, -0.25) is 0 Å². The van der Waals surface area contributed by atoms with Crippen molar-refractivity contribution >= 4 is 33.9 Å². The summed E-state index contributed by atoms with van der Waals surface area (Å²) in [7, 11) is 0. The molecule has 0 aliphatic carbocycles. The van der Waals surface area contributed by atoms with Gasteiger partial charge in [-0.15, -0.1) is 10.2 Å². The van der Waals surface area contributed by atoms with Gasteiger partial charge in [0.1, 0.15) is 11.6 Å². The lowest BCUT2D eigenvalue weighted by molar-refractivity contribution is 0.393. The molecule has 0 radical (unpaired) electrons. The Hall–Kier alpha value is -1.93. The molecule has 0 unspecified atom stereocenters. The van der Waals surface area contributed by atoms with Crippen LogP contribution in [0.3, 0.4) is 0 Å². The van der Waals surface area contributed by atoms with Crippen LogP contribution < -0.4 is 5.32 Å². The molecule has 3 rings (SSSR count). The molecule has 0 fully saturated rings. The Bertz CT molecular complexity index is 743. The summed E-state index contributed by atoms with van der Waals surface area (Å²) >= 11 is 2.94. The number of halogens is 1. The van der Waals surface area contributed by atoms with Gasteiger partial charge < -0.3 is 9.84 Å². The summed E-state index contributed by atoms with van der Waals surface area (Å²) in [5, 5.41) is 15.7. The van der Waals surface area contributed by atoms with E-state index in [0.717, 1.165) is 15.8 Å². The number of aryl methyl sites for hydroxylation is 1. The molecule has 5 nitrogen and oxygen atoms in total. The fourth-order valence-corrected chi connectivity index (χ4v) is 3.28. The molecule has 0 atom stereocenters. The average molecular weight is 322 g/mol. The summed E-state index contributed by atoms with van der Waals surface area (Å²) in [4.78, 5) is 0. The highest BCUT2D eigenvalue weighted by atomic mass is 32.2. The maximum Gasteiger partial charge on any atom is 0.210 e. The van der Waals surface area contributed by atoms with Gasteiger partial charge in [-0.25, -0.2) is 4.39 Å². The summed E-state index contributed by atoms with van der Waals surface area (Å²) < 4.78 is 18.9. The van der Waals surface area contributed by atoms with Gasteiger partial charge in [0.05, 0.1) is 5.69 Å². The number of anilines is 2. The number of nitrogens with one attached hydrogen (secondary N) is 1. The molecular weight excluding hydrogens is 311 g/mol. The summed E-state index contributed by atoms with van der Waals surface area (Å²) in [5.74, 6) is 1.17. The molecule has 2 heterocycles. The molecule has 3 aromatic rings. The lowest BCUT2D eigenvalue weighted by Crippen LogP contribution is -1.89. The molecule has 8 heteroatoms. The molecule has 108 valence electrons. The molecule has 1 N–H and O–H groups in total. The summed E-state index contributed by atoms with van der Waals surface area (Å²) in [5.41, 5.74) is 1.52. The summed E-state index contributed by atoms with van der Waals surface area (Å²) in [6.45, 7) is 1.85. The largest absolute Gasteiger partial charge is 0.361 e. The van der Waals surface area contributed by atoms with Gasteiger partial charge in [-0.05, 0) is 25.1 Å². The SMILES string of the molecule is Cc1cc(CSc2nnc(Nc3cccc(F)c3)s2)no1. The third-order valence-electron chi connectivity index (χ3n) is 2.50. The van der Waals surface area contributed by atoms with Crippen molar-refractivity contribution < 1.29 is 8.91 Å². The molecule has 0 saturated heterocycles. The Labute approximate surface area is 128 Å². The predicted octanol–water partition coefficient (Wildman–Crippen LogP) is 4.01. The minimum Gasteiger partial charge on any atom is -0.361 e. The normalized spacial score (nSPS) is 10.8. The highest BCUT2D eigenvalue weighted by Gasteiger charge is 2.07. The third kappa shape index (κ3) is 3.79. The molecule has 0 spiro atoms. The number of benzene rings is 1. The Morgan fingerprint density at radius 2 is 2.24 bits per heavy atom. The average Bonchev–Trinajstić information content (AvgIpc) is 3.06. The van der Waals surface area contributed by atoms with E-state index < -0.39 is 0 Å². The highest BCUT2D eigenvalue weighted by Crippen LogP contribution is 2.29. The van der Waals surface area contributed by atoms with Crippen molar-refractivity contribution in [1.29, 1.82) is 0 Å². The minimum absolute atomic E-state index is 0.291. The van der Waals surface area contributed by atoms with Gasteiger partial charge in [0.2, 0.25) is 5.13 Å². The van der Waals surface area contributed by atoms with Crippen LogP contribution in [-0.4, -0.2) is 15.4 Å². The zero-order valence-corrected chi connectivity index (χ0v) is 12.7. The van der Waals surface area contributed by atoms with Crippen molar-refractivity contribution in [3.05, 3.63) is 47.6 Å². The van der Waals surface area contributed by atoms with E-state index in [1.54, 1.807) is 12.1 Å². The lowest BCUT2D eigenvalue weighted by Gasteiger charge is -2.00. The fourth-order valence-electron chi connectivity index (χ4n) is 1.63. The summed E-state index contributed by atoms with van der Waals surface area (Å²) in [6.07, 6.45) is 0. The van der Waals surface area contributed by atoms with Crippen molar-refractivity contribution in [2.75, 3.05) is 5.32 Å². The highest BCUT2D eigenvalue weighted by molar-refractivity contribution is 8.00. The number of hydrogen-bond donors (Lipinski definition) is 1. The first-order chi connectivity index (χ1) is 10.2. The van der Waals surface area contributed by atoms with E-state index in [1.165, 1.54) is 35.2 Å². The van der Waals surface area contributed by atoms with Gasteiger partial charge in [0.15, 0.2) is 4.34 Å². The van der Waals surface area contributed by atoms with Gasteiger partial charge >= 0.3 is 0 Å². The lowest BCUT2D eigenvalue weighted by atomic mass is 10.3. The molecule has 0 saturated carbocycles. The van der Waals surface area contributed by atoms with Crippen LogP contribution in [0.2, 0.25) is 0 Å². The van der Waals surface area contributed by atoms with Crippen LogP contribution in [-0.2, 0) is 5.75 Å². The van der Waals surface area contributed by atoms with Crippen LogP contribution in [0.5, 0.6) is 0 Å². The van der Waals surface area contributed by atoms with Crippen LogP contribution >= 0.6 is 23.1 Å². The van der Waals surface area contributed by atoms with Crippen LogP contribution in [0.1, 0.15) is 11.5 Å². The second-order valence-corrected chi connectivity index (χ2v) is 6.43. The zero-order chi connectivity index (χ0) is 14.7. The molecule has 0 bridgehead atoms. The van der Waals surface area contributed by atoms with Crippen LogP contribution in [0.25, 0.3) is 0 Å². The molecule has 1 aromatic carbocycles. The smallest absolute Gasteiger partial charge is 0.210 e. The molecule has 21 heavy (non-hydrogen) atoms. The topological polar surface area (TPSA) is 63.8 Å². The Balaban J connectivity index is 1.61. The number of nitrogens with zero attached hydrogens (tertiary/aromatic N) is 3. The zero-order valence-electron chi connectivity index (χ0n) is 11.0. The number of thioether (sulfide) groups is 1. The van der Waals surface area contributed by atoms with Crippen molar-refractivity contribution in [3.8, 4) is 0 Å². The van der Waals surface area contributed by atoms with E-state index in [-0.39, 0.29) is 5.82 Å². The van der Waals surface area contributed by atoms with E-state index in [0.29, 0.717) is 16.6 Å². The summed E-state index contributed by atoms with van der Waals surface area (Å²) in [6, 6.07) is 8.11. The molecule has 2 aromatic heterocycles. The fraction of sp³-hybridized carbons (Fsp3) is 0.154. The van der Waals surface area contributed by atoms with Crippen molar-refractivity contribution in [1.82, 2.24) is 15.4 Å². The number of rotatable bonds is 5.